The van der Waals surface area contributed by atoms with Crippen LogP contribution in [0.15, 0.2) is 42.5 Å². The molecule has 1 N–H and O–H groups in total. The van der Waals surface area contributed by atoms with Crippen LogP contribution >= 0.6 is 11.6 Å². The molecule has 1 amide bonds. The molecule has 0 aliphatic rings. The average Bonchev–Trinajstić information content (AvgIpc) is 2.65. The van der Waals surface area contributed by atoms with Crippen LogP contribution in [0.1, 0.15) is 37.4 Å². The maximum Gasteiger partial charge on any atom is 0.244 e. The van der Waals surface area contributed by atoms with Crippen molar-refractivity contribution in [3.05, 3.63) is 58.6 Å². The number of benzene rings is 2. The highest BCUT2D eigenvalue weighted by Crippen LogP contribution is 2.35. The zero-order chi connectivity index (χ0) is 21.8. The zero-order valence-electron chi connectivity index (χ0n) is 17.3. The number of sulfonamides is 1. The Hall–Kier alpha value is -2.25. The van der Waals surface area contributed by atoms with Crippen LogP contribution in [0.3, 0.4) is 0 Å². The third kappa shape index (κ3) is 5.64. The second-order valence-corrected chi connectivity index (χ2v) is 9.24. The highest BCUT2D eigenvalue weighted by molar-refractivity contribution is 7.92. The lowest BCUT2D eigenvalue weighted by Gasteiger charge is -2.32. The number of rotatable bonds is 8. The van der Waals surface area contributed by atoms with Gasteiger partial charge in [-0.05, 0) is 44.0 Å². The molecule has 0 spiro atoms. The fourth-order valence-corrected chi connectivity index (χ4v) is 4.49. The molecule has 6 nitrogen and oxygen atoms in total. The molecular formula is C21H27ClN2O4S. The van der Waals surface area contributed by atoms with E-state index >= 15 is 0 Å². The Bertz CT molecular complexity index is 961. The van der Waals surface area contributed by atoms with Gasteiger partial charge in [-0.3, -0.25) is 9.10 Å². The highest BCUT2D eigenvalue weighted by Gasteiger charge is 2.34. The van der Waals surface area contributed by atoms with Crippen molar-refractivity contribution in [3.8, 4) is 5.75 Å². The van der Waals surface area contributed by atoms with Crippen molar-refractivity contribution in [2.24, 2.45) is 0 Å². The molecule has 0 heterocycles. The number of aryl methyl sites for hydroxylation is 1. The SMILES string of the molecule is CC[C@@H](C(=O)N[C@H](C)c1ccc(C)cc1)N(c1cc(Cl)ccc1OC)S(C)(=O)=O. The van der Waals surface area contributed by atoms with Crippen LogP contribution in [-0.2, 0) is 14.8 Å². The monoisotopic (exact) mass is 438 g/mol. The summed E-state index contributed by atoms with van der Waals surface area (Å²) in [6.07, 6.45) is 1.34. The third-order valence-corrected chi connectivity index (χ3v) is 6.05. The van der Waals surface area contributed by atoms with Crippen molar-refractivity contribution in [1.82, 2.24) is 5.32 Å². The number of ether oxygens (including phenoxy) is 1. The smallest absolute Gasteiger partial charge is 0.244 e. The Morgan fingerprint density at radius 2 is 1.83 bits per heavy atom. The largest absolute Gasteiger partial charge is 0.495 e. The Labute approximate surface area is 177 Å². The normalized spacial score (nSPS) is 13.4. The van der Waals surface area contributed by atoms with Gasteiger partial charge in [0.2, 0.25) is 15.9 Å². The molecule has 158 valence electrons. The van der Waals surface area contributed by atoms with Crippen LogP contribution in [0.5, 0.6) is 5.75 Å². The van der Waals surface area contributed by atoms with Gasteiger partial charge >= 0.3 is 0 Å². The van der Waals surface area contributed by atoms with Gasteiger partial charge in [0.05, 0.1) is 25.1 Å². The Kier molecular flexibility index (Phi) is 7.54. The summed E-state index contributed by atoms with van der Waals surface area (Å²) >= 11 is 6.09. The summed E-state index contributed by atoms with van der Waals surface area (Å²) in [6.45, 7) is 5.61. The fraction of sp³-hybridized carbons (Fsp3) is 0.381. The molecule has 0 fully saturated rings. The Balaban J connectivity index is 2.40. The quantitative estimate of drug-likeness (QED) is 0.673. The van der Waals surface area contributed by atoms with Crippen LogP contribution in [0, 0.1) is 6.92 Å². The summed E-state index contributed by atoms with van der Waals surface area (Å²) in [5.41, 5.74) is 2.28. The van der Waals surface area contributed by atoms with E-state index in [9.17, 15) is 13.2 Å². The van der Waals surface area contributed by atoms with Gasteiger partial charge < -0.3 is 10.1 Å². The predicted molar refractivity (Wildman–Crippen MR) is 117 cm³/mol. The van der Waals surface area contributed by atoms with Crippen molar-refractivity contribution in [3.63, 3.8) is 0 Å². The van der Waals surface area contributed by atoms with E-state index in [1.54, 1.807) is 19.1 Å². The van der Waals surface area contributed by atoms with E-state index in [2.05, 4.69) is 5.32 Å². The number of nitrogens with zero attached hydrogens (tertiary/aromatic N) is 1. The minimum Gasteiger partial charge on any atom is -0.495 e. The van der Waals surface area contributed by atoms with Gasteiger partial charge in [-0.25, -0.2) is 8.42 Å². The molecule has 8 heteroatoms. The molecule has 2 rings (SSSR count). The number of anilines is 1. The number of carbonyl (C=O) groups is 1. The van der Waals surface area contributed by atoms with E-state index in [0.717, 1.165) is 21.7 Å². The van der Waals surface area contributed by atoms with Crippen molar-refractivity contribution in [2.75, 3.05) is 17.7 Å². The van der Waals surface area contributed by atoms with Gasteiger partial charge in [-0.1, -0.05) is 48.4 Å². The molecule has 0 aliphatic carbocycles. The first-order valence-electron chi connectivity index (χ1n) is 9.28. The molecule has 0 saturated heterocycles. The van der Waals surface area contributed by atoms with E-state index in [-0.39, 0.29) is 18.2 Å². The molecular weight excluding hydrogens is 412 g/mol. The minimum absolute atomic E-state index is 0.229. The number of carbonyl (C=O) groups excluding carboxylic acids is 1. The predicted octanol–water partition coefficient (Wildman–Crippen LogP) is 4.08. The van der Waals surface area contributed by atoms with E-state index in [1.165, 1.54) is 13.2 Å². The summed E-state index contributed by atoms with van der Waals surface area (Å²) < 4.78 is 31.7. The number of amides is 1. The second kappa shape index (κ2) is 9.50. The third-order valence-electron chi connectivity index (χ3n) is 4.64. The van der Waals surface area contributed by atoms with Crippen LogP contribution < -0.4 is 14.4 Å². The van der Waals surface area contributed by atoms with Gasteiger partial charge in [0.1, 0.15) is 11.8 Å². The van der Waals surface area contributed by atoms with Crippen LogP contribution in [0.25, 0.3) is 0 Å². The summed E-state index contributed by atoms with van der Waals surface area (Å²) in [6, 6.07) is 11.3. The van der Waals surface area contributed by atoms with E-state index < -0.39 is 22.0 Å². The topological polar surface area (TPSA) is 75.7 Å². The van der Waals surface area contributed by atoms with Gasteiger partial charge in [0.15, 0.2) is 0 Å². The van der Waals surface area contributed by atoms with Crippen molar-refractivity contribution < 1.29 is 17.9 Å². The number of methoxy groups -OCH3 is 1. The molecule has 29 heavy (non-hydrogen) atoms. The minimum atomic E-state index is -3.80. The van der Waals surface area contributed by atoms with Crippen LogP contribution in [0.4, 0.5) is 5.69 Å². The van der Waals surface area contributed by atoms with E-state index in [1.807, 2.05) is 38.1 Å². The molecule has 0 bridgehead atoms. The van der Waals surface area contributed by atoms with Gasteiger partial charge in [0, 0.05) is 5.02 Å². The summed E-state index contributed by atoms with van der Waals surface area (Å²) in [7, 11) is -2.36. The van der Waals surface area contributed by atoms with Crippen molar-refractivity contribution in [2.45, 2.75) is 39.3 Å². The Morgan fingerprint density at radius 3 is 2.34 bits per heavy atom. The highest BCUT2D eigenvalue weighted by atomic mass is 35.5. The molecule has 0 unspecified atom stereocenters. The first-order valence-corrected chi connectivity index (χ1v) is 11.5. The molecule has 2 aromatic rings. The number of hydrogen-bond donors (Lipinski definition) is 1. The standard InChI is InChI=1S/C21H27ClN2O4S/c1-6-18(21(25)23-15(3)16-9-7-14(2)8-10-16)24(29(5,26)27)19-13-17(22)11-12-20(19)28-4/h7-13,15,18H,6H2,1-5H3,(H,23,25)/t15-,18+/m1/s1. The van der Waals surface area contributed by atoms with E-state index in [0.29, 0.717) is 10.8 Å². The second-order valence-electron chi connectivity index (χ2n) is 6.94. The number of halogens is 1. The molecule has 0 saturated carbocycles. The van der Waals surface area contributed by atoms with Crippen LogP contribution in [-0.4, -0.2) is 33.7 Å². The van der Waals surface area contributed by atoms with Gasteiger partial charge in [-0.2, -0.15) is 0 Å². The fourth-order valence-electron chi connectivity index (χ4n) is 3.12. The summed E-state index contributed by atoms with van der Waals surface area (Å²) in [5, 5.41) is 3.27. The molecule has 2 aromatic carbocycles. The lowest BCUT2D eigenvalue weighted by Crippen LogP contribution is -2.49. The maximum absolute atomic E-state index is 13.1. The lowest BCUT2D eigenvalue weighted by atomic mass is 10.1. The first kappa shape index (κ1) is 23.0. The van der Waals surface area contributed by atoms with E-state index in [4.69, 9.17) is 16.3 Å². The van der Waals surface area contributed by atoms with Crippen molar-refractivity contribution >= 4 is 33.2 Å². The summed E-state index contributed by atoms with van der Waals surface area (Å²) in [5.74, 6) is -0.0781. The van der Waals surface area contributed by atoms with Gasteiger partial charge in [-0.15, -0.1) is 0 Å². The molecule has 0 radical (unpaired) electrons. The van der Waals surface area contributed by atoms with Crippen LogP contribution in [0.2, 0.25) is 5.02 Å². The first-order chi connectivity index (χ1) is 13.6. The molecule has 0 aromatic heterocycles. The maximum atomic E-state index is 13.1. The Morgan fingerprint density at radius 1 is 1.21 bits per heavy atom. The summed E-state index contributed by atoms with van der Waals surface area (Å²) in [4.78, 5) is 13.1. The number of hydrogen-bond acceptors (Lipinski definition) is 4. The zero-order valence-corrected chi connectivity index (χ0v) is 18.8. The van der Waals surface area contributed by atoms with Crippen molar-refractivity contribution in [1.29, 1.82) is 0 Å². The lowest BCUT2D eigenvalue weighted by molar-refractivity contribution is -0.122. The molecule has 0 aliphatic heterocycles. The van der Waals surface area contributed by atoms with Gasteiger partial charge in [0.25, 0.3) is 0 Å². The number of nitrogens with one attached hydrogen (secondary N) is 1. The molecule has 2 atom stereocenters. The average molecular weight is 439 g/mol.